The lowest BCUT2D eigenvalue weighted by molar-refractivity contribution is -0.116. The van der Waals surface area contributed by atoms with E-state index < -0.39 is 0 Å². The van der Waals surface area contributed by atoms with E-state index in [1.807, 2.05) is 6.92 Å². The van der Waals surface area contributed by atoms with Crippen molar-refractivity contribution in [3.8, 4) is 0 Å². The number of carbonyl (C=O) groups is 2. The number of nitrogens with one attached hydrogen (secondary N) is 2. The van der Waals surface area contributed by atoms with Crippen molar-refractivity contribution < 1.29 is 9.59 Å². The first-order valence-corrected chi connectivity index (χ1v) is 6.95. The lowest BCUT2D eigenvalue weighted by Gasteiger charge is -2.06. The first-order chi connectivity index (χ1) is 9.17. The lowest BCUT2D eigenvalue weighted by atomic mass is 10.2. The largest absolute Gasteiger partial charge is 0.352 e. The Kier molecular flexibility index (Phi) is 6.97. The van der Waals surface area contributed by atoms with Crippen LogP contribution in [0.5, 0.6) is 0 Å². The topological polar surface area (TPSA) is 58.2 Å². The van der Waals surface area contributed by atoms with Crippen LogP contribution in [-0.2, 0) is 4.79 Å². The molecule has 0 radical (unpaired) electrons. The van der Waals surface area contributed by atoms with Gasteiger partial charge in [0.1, 0.15) is 0 Å². The van der Waals surface area contributed by atoms with Crippen molar-refractivity contribution in [1.82, 2.24) is 5.32 Å². The molecule has 0 spiro atoms. The maximum absolute atomic E-state index is 11.7. The molecule has 1 aromatic carbocycles. The summed E-state index contributed by atoms with van der Waals surface area (Å²) in [5.74, 6) is 0.315. The van der Waals surface area contributed by atoms with Crippen molar-refractivity contribution in [2.75, 3.05) is 17.7 Å². The Balaban J connectivity index is 2.51. The molecule has 0 saturated heterocycles. The summed E-state index contributed by atoms with van der Waals surface area (Å²) in [4.78, 5) is 23.1. The molecule has 0 aliphatic heterocycles. The first kappa shape index (κ1) is 15.5. The summed E-state index contributed by atoms with van der Waals surface area (Å²) >= 11 is 5.52. The van der Waals surface area contributed by atoms with Crippen LogP contribution < -0.4 is 10.6 Å². The van der Waals surface area contributed by atoms with Gasteiger partial charge in [-0.2, -0.15) is 0 Å². The van der Waals surface area contributed by atoms with Crippen molar-refractivity contribution in [2.45, 2.75) is 26.2 Å². The van der Waals surface area contributed by atoms with Crippen molar-refractivity contribution in [1.29, 1.82) is 0 Å². The standard InChI is InChI=1S/C14H19ClN2O2/c1-2-10-16-14(19)11-5-7-12(8-6-11)17-13(18)4-3-9-15/h5-8H,2-4,9-10H2,1H3,(H,16,19)(H,17,18). The molecule has 0 heterocycles. The van der Waals surface area contributed by atoms with Gasteiger partial charge in [-0.15, -0.1) is 11.6 Å². The molecular weight excluding hydrogens is 264 g/mol. The molecule has 4 nitrogen and oxygen atoms in total. The highest BCUT2D eigenvalue weighted by atomic mass is 35.5. The maximum Gasteiger partial charge on any atom is 0.251 e. The third-order valence-electron chi connectivity index (χ3n) is 2.50. The van der Waals surface area contributed by atoms with Crippen molar-refractivity contribution >= 4 is 29.1 Å². The summed E-state index contributed by atoms with van der Waals surface area (Å²) in [5, 5.41) is 5.55. The van der Waals surface area contributed by atoms with Gasteiger partial charge in [-0.05, 0) is 37.1 Å². The Morgan fingerprint density at radius 3 is 2.47 bits per heavy atom. The smallest absolute Gasteiger partial charge is 0.251 e. The minimum atomic E-state index is -0.0955. The van der Waals surface area contributed by atoms with Crippen molar-refractivity contribution in [2.24, 2.45) is 0 Å². The van der Waals surface area contributed by atoms with Crippen molar-refractivity contribution in [3.05, 3.63) is 29.8 Å². The summed E-state index contributed by atoms with van der Waals surface area (Å²) in [6, 6.07) is 6.84. The fraction of sp³-hybridized carbons (Fsp3) is 0.429. The average molecular weight is 283 g/mol. The molecule has 19 heavy (non-hydrogen) atoms. The second kappa shape index (κ2) is 8.53. The highest BCUT2D eigenvalue weighted by molar-refractivity contribution is 6.18. The van der Waals surface area contributed by atoms with Crippen LogP contribution in [0.4, 0.5) is 5.69 Å². The SMILES string of the molecule is CCCNC(=O)c1ccc(NC(=O)CCCCl)cc1. The molecule has 0 bridgehead atoms. The molecule has 1 rings (SSSR count). The van der Waals surface area contributed by atoms with Gasteiger partial charge in [0.15, 0.2) is 0 Å². The van der Waals surface area contributed by atoms with E-state index in [4.69, 9.17) is 11.6 Å². The van der Waals surface area contributed by atoms with E-state index in [9.17, 15) is 9.59 Å². The van der Waals surface area contributed by atoms with E-state index >= 15 is 0 Å². The molecule has 0 fully saturated rings. The molecule has 104 valence electrons. The van der Waals surface area contributed by atoms with Crippen LogP contribution >= 0.6 is 11.6 Å². The Hall–Kier alpha value is -1.55. The van der Waals surface area contributed by atoms with E-state index in [0.717, 1.165) is 6.42 Å². The summed E-state index contributed by atoms with van der Waals surface area (Å²) in [7, 11) is 0. The predicted molar refractivity (Wildman–Crippen MR) is 77.6 cm³/mol. The Bertz CT molecular complexity index is 418. The van der Waals surface area contributed by atoms with Gasteiger partial charge >= 0.3 is 0 Å². The number of carbonyl (C=O) groups excluding carboxylic acids is 2. The van der Waals surface area contributed by atoms with Crippen LogP contribution in [0.25, 0.3) is 0 Å². The molecule has 5 heteroatoms. The van der Waals surface area contributed by atoms with E-state index in [1.165, 1.54) is 0 Å². The summed E-state index contributed by atoms with van der Waals surface area (Å²) in [5.41, 5.74) is 1.28. The van der Waals surface area contributed by atoms with Crippen LogP contribution in [0.1, 0.15) is 36.5 Å². The maximum atomic E-state index is 11.7. The Morgan fingerprint density at radius 2 is 1.89 bits per heavy atom. The van der Waals surface area contributed by atoms with Gasteiger partial charge in [0.2, 0.25) is 5.91 Å². The molecule has 1 aromatic rings. The molecule has 0 aromatic heterocycles. The number of hydrogen-bond donors (Lipinski definition) is 2. The number of hydrogen-bond acceptors (Lipinski definition) is 2. The van der Waals surface area contributed by atoms with E-state index in [1.54, 1.807) is 24.3 Å². The number of alkyl halides is 1. The highest BCUT2D eigenvalue weighted by Crippen LogP contribution is 2.10. The van der Waals surface area contributed by atoms with Gasteiger partial charge in [-0.1, -0.05) is 6.92 Å². The zero-order valence-electron chi connectivity index (χ0n) is 11.0. The van der Waals surface area contributed by atoms with Crippen LogP contribution in [0, 0.1) is 0 Å². The fourth-order valence-corrected chi connectivity index (χ4v) is 1.63. The van der Waals surface area contributed by atoms with Crippen molar-refractivity contribution in [3.63, 3.8) is 0 Å². The highest BCUT2D eigenvalue weighted by Gasteiger charge is 2.05. The first-order valence-electron chi connectivity index (χ1n) is 6.41. The van der Waals surface area contributed by atoms with E-state index in [-0.39, 0.29) is 11.8 Å². The molecule has 0 atom stereocenters. The zero-order chi connectivity index (χ0) is 14.1. The normalized spacial score (nSPS) is 10.0. The van der Waals surface area contributed by atoms with Gasteiger partial charge in [0, 0.05) is 30.1 Å². The second-order valence-electron chi connectivity index (χ2n) is 4.17. The minimum absolute atomic E-state index is 0.0659. The molecule has 0 saturated carbocycles. The molecule has 2 N–H and O–H groups in total. The number of anilines is 1. The predicted octanol–water partition coefficient (Wildman–Crippen LogP) is 2.78. The quantitative estimate of drug-likeness (QED) is 0.756. The van der Waals surface area contributed by atoms with Crippen LogP contribution in [0.3, 0.4) is 0 Å². The van der Waals surface area contributed by atoms with Crippen LogP contribution in [0.15, 0.2) is 24.3 Å². The molecule has 0 unspecified atom stereocenters. The third kappa shape index (κ3) is 5.75. The fourth-order valence-electron chi connectivity index (χ4n) is 1.50. The van der Waals surface area contributed by atoms with Gasteiger partial charge in [0.25, 0.3) is 5.91 Å². The van der Waals surface area contributed by atoms with Gasteiger partial charge in [0.05, 0.1) is 0 Å². The van der Waals surface area contributed by atoms with Crippen LogP contribution in [-0.4, -0.2) is 24.2 Å². The molecular formula is C14H19ClN2O2. The molecule has 2 amide bonds. The summed E-state index contributed by atoms with van der Waals surface area (Å²) < 4.78 is 0. The van der Waals surface area contributed by atoms with Gasteiger partial charge in [-0.3, -0.25) is 9.59 Å². The summed E-state index contributed by atoms with van der Waals surface area (Å²) in [6.45, 7) is 2.66. The third-order valence-corrected chi connectivity index (χ3v) is 2.77. The minimum Gasteiger partial charge on any atom is -0.352 e. The van der Waals surface area contributed by atoms with E-state index in [2.05, 4.69) is 10.6 Å². The van der Waals surface area contributed by atoms with Gasteiger partial charge < -0.3 is 10.6 Å². The number of benzene rings is 1. The lowest BCUT2D eigenvalue weighted by Crippen LogP contribution is -2.23. The summed E-state index contributed by atoms with van der Waals surface area (Å²) in [6.07, 6.45) is 1.97. The number of halogens is 1. The number of rotatable bonds is 7. The monoisotopic (exact) mass is 282 g/mol. The van der Waals surface area contributed by atoms with Crippen LogP contribution in [0.2, 0.25) is 0 Å². The Morgan fingerprint density at radius 1 is 1.21 bits per heavy atom. The number of amides is 2. The molecule has 0 aliphatic rings. The van der Waals surface area contributed by atoms with E-state index in [0.29, 0.717) is 36.5 Å². The molecule has 0 aliphatic carbocycles. The zero-order valence-corrected chi connectivity index (χ0v) is 11.8. The average Bonchev–Trinajstić information content (AvgIpc) is 2.43. The Labute approximate surface area is 118 Å². The van der Waals surface area contributed by atoms with Gasteiger partial charge in [-0.25, -0.2) is 0 Å². The second-order valence-corrected chi connectivity index (χ2v) is 4.55.